The maximum absolute atomic E-state index is 11.9. The molecule has 0 radical (unpaired) electrons. The van der Waals surface area contributed by atoms with E-state index in [1.54, 1.807) is 0 Å². The summed E-state index contributed by atoms with van der Waals surface area (Å²) < 4.78 is 6.46. The second kappa shape index (κ2) is 5.53. The van der Waals surface area contributed by atoms with Gasteiger partial charge in [0.05, 0.1) is 5.69 Å². The van der Waals surface area contributed by atoms with Gasteiger partial charge in [-0.15, -0.1) is 0 Å². The van der Waals surface area contributed by atoms with Gasteiger partial charge in [0.25, 0.3) is 5.56 Å². The SMILES string of the molecule is CCOC1(c2nc(CC)c(Br)c(=O)[nH]2)CCCC1. The molecule has 0 aromatic carbocycles. The molecule has 1 N–H and O–H groups in total. The van der Waals surface area contributed by atoms with Gasteiger partial charge in [0, 0.05) is 6.61 Å². The highest BCUT2D eigenvalue weighted by atomic mass is 79.9. The summed E-state index contributed by atoms with van der Waals surface area (Å²) in [4.78, 5) is 19.4. The van der Waals surface area contributed by atoms with Crippen LogP contribution in [0.3, 0.4) is 0 Å². The van der Waals surface area contributed by atoms with Crippen molar-refractivity contribution in [3.8, 4) is 0 Å². The maximum atomic E-state index is 11.9. The summed E-state index contributed by atoms with van der Waals surface area (Å²) in [6.45, 7) is 4.62. The molecule has 1 heterocycles. The van der Waals surface area contributed by atoms with E-state index in [-0.39, 0.29) is 11.2 Å². The molecule has 0 atom stereocenters. The summed E-state index contributed by atoms with van der Waals surface area (Å²) in [5.41, 5.74) is 0.320. The molecule has 2 rings (SSSR count). The van der Waals surface area contributed by atoms with Crippen molar-refractivity contribution >= 4 is 15.9 Å². The average molecular weight is 315 g/mol. The second-order valence-electron chi connectivity index (χ2n) is 4.66. The zero-order valence-electron chi connectivity index (χ0n) is 10.9. The van der Waals surface area contributed by atoms with Crippen molar-refractivity contribution in [2.75, 3.05) is 6.61 Å². The van der Waals surface area contributed by atoms with E-state index in [0.717, 1.165) is 37.8 Å². The van der Waals surface area contributed by atoms with Crippen LogP contribution < -0.4 is 5.56 Å². The Morgan fingerprint density at radius 3 is 2.61 bits per heavy atom. The van der Waals surface area contributed by atoms with E-state index in [0.29, 0.717) is 16.9 Å². The lowest BCUT2D eigenvalue weighted by Crippen LogP contribution is -2.32. The van der Waals surface area contributed by atoms with E-state index in [1.807, 2.05) is 13.8 Å². The molecule has 0 spiro atoms. The molecule has 18 heavy (non-hydrogen) atoms. The van der Waals surface area contributed by atoms with Crippen molar-refractivity contribution in [2.24, 2.45) is 0 Å². The number of aromatic nitrogens is 2. The topological polar surface area (TPSA) is 55.0 Å². The minimum Gasteiger partial charge on any atom is -0.367 e. The van der Waals surface area contributed by atoms with Crippen LogP contribution in [0.25, 0.3) is 0 Å². The van der Waals surface area contributed by atoms with Gasteiger partial charge in [-0.2, -0.15) is 0 Å². The number of hydrogen-bond donors (Lipinski definition) is 1. The molecule has 1 aromatic heterocycles. The number of aromatic amines is 1. The van der Waals surface area contributed by atoms with Crippen molar-refractivity contribution in [1.29, 1.82) is 0 Å². The Labute approximate surface area is 115 Å². The van der Waals surface area contributed by atoms with Crippen LogP contribution in [-0.4, -0.2) is 16.6 Å². The average Bonchev–Trinajstić information content (AvgIpc) is 2.82. The molecule has 1 aliphatic carbocycles. The van der Waals surface area contributed by atoms with Crippen molar-refractivity contribution in [2.45, 2.75) is 51.6 Å². The number of halogens is 1. The van der Waals surface area contributed by atoms with Crippen LogP contribution in [0.15, 0.2) is 9.27 Å². The molecule has 1 aromatic rings. The fourth-order valence-corrected chi connectivity index (χ4v) is 3.10. The first kappa shape index (κ1) is 13.7. The number of rotatable bonds is 4. The monoisotopic (exact) mass is 314 g/mol. The third kappa shape index (κ3) is 2.38. The molecule has 1 saturated carbocycles. The predicted octanol–water partition coefficient (Wildman–Crippen LogP) is 2.90. The summed E-state index contributed by atoms with van der Waals surface area (Å²) in [5.74, 6) is 0.701. The number of nitrogens with one attached hydrogen (secondary N) is 1. The Balaban J connectivity index is 2.48. The summed E-state index contributed by atoms with van der Waals surface area (Å²) in [6.07, 6.45) is 4.87. The van der Waals surface area contributed by atoms with E-state index in [2.05, 4.69) is 25.9 Å². The molecule has 4 nitrogen and oxygen atoms in total. The first-order valence-electron chi connectivity index (χ1n) is 6.56. The standard InChI is InChI=1S/C13H19BrN2O2/c1-3-9-10(14)11(17)16-12(15-9)13(18-4-2)7-5-6-8-13/h3-8H2,1-2H3,(H,15,16,17). The third-order valence-electron chi connectivity index (χ3n) is 3.53. The van der Waals surface area contributed by atoms with Crippen molar-refractivity contribution in [3.05, 3.63) is 26.3 Å². The summed E-state index contributed by atoms with van der Waals surface area (Å²) >= 11 is 3.29. The van der Waals surface area contributed by atoms with Gasteiger partial charge in [0.15, 0.2) is 0 Å². The minimum absolute atomic E-state index is 0.108. The maximum Gasteiger partial charge on any atom is 0.265 e. The zero-order chi connectivity index (χ0) is 13.2. The Hall–Kier alpha value is -0.680. The number of ether oxygens (including phenoxy) is 1. The normalized spacial score (nSPS) is 18.2. The number of aryl methyl sites for hydroxylation is 1. The van der Waals surface area contributed by atoms with Gasteiger partial charge in [-0.3, -0.25) is 4.79 Å². The molecular formula is C13H19BrN2O2. The van der Waals surface area contributed by atoms with Crippen molar-refractivity contribution in [3.63, 3.8) is 0 Å². The Kier molecular flexibility index (Phi) is 4.22. The molecule has 0 aliphatic heterocycles. The highest BCUT2D eigenvalue weighted by Gasteiger charge is 2.39. The van der Waals surface area contributed by atoms with Gasteiger partial charge in [0.1, 0.15) is 15.9 Å². The van der Waals surface area contributed by atoms with Gasteiger partial charge in [0.2, 0.25) is 0 Å². The lowest BCUT2D eigenvalue weighted by atomic mass is 10.0. The second-order valence-corrected chi connectivity index (χ2v) is 5.46. The first-order valence-corrected chi connectivity index (χ1v) is 7.35. The Bertz CT molecular complexity index is 478. The smallest absolute Gasteiger partial charge is 0.265 e. The highest BCUT2D eigenvalue weighted by Crippen LogP contribution is 2.40. The molecule has 5 heteroatoms. The molecule has 0 saturated heterocycles. The van der Waals surface area contributed by atoms with Crippen molar-refractivity contribution < 1.29 is 4.74 Å². The molecule has 1 aliphatic rings. The summed E-state index contributed by atoms with van der Waals surface area (Å²) in [6, 6.07) is 0. The Morgan fingerprint density at radius 1 is 1.39 bits per heavy atom. The van der Waals surface area contributed by atoms with E-state index < -0.39 is 0 Å². The van der Waals surface area contributed by atoms with Crippen LogP contribution in [-0.2, 0) is 16.8 Å². The zero-order valence-corrected chi connectivity index (χ0v) is 12.5. The lowest BCUT2D eigenvalue weighted by molar-refractivity contribution is -0.0460. The molecule has 0 bridgehead atoms. The lowest BCUT2D eigenvalue weighted by Gasteiger charge is -2.28. The van der Waals surface area contributed by atoms with Crippen molar-refractivity contribution in [1.82, 2.24) is 9.97 Å². The third-order valence-corrected chi connectivity index (χ3v) is 4.35. The van der Waals surface area contributed by atoms with Crippen LogP contribution in [0.1, 0.15) is 51.0 Å². The largest absolute Gasteiger partial charge is 0.367 e. The van der Waals surface area contributed by atoms with Crippen LogP contribution in [0.2, 0.25) is 0 Å². The molecule has 0 amide bonds. The van der Waals surface area contributed by atoms with Crippen LogP contribution in [0.5, 0.6) is 0 Å². The quantitative estimate of drug-likeness (QED) is 0.929. The number of hydrogen-bond acceptors (Lipinski definition) is 3. The molecular weight excluding hydrogens is 296 g/mol. The molecule has 1 fully saturated rings. The minimum atomic E-state index is -0.376. The first-order chi connectivity index (χ1) is 8.63. The van der Waals surface area contributed by atoms with Gasteiger partial charge in [-0.25, -0.2) is 4.98 Å². The van der Waals surface area contributed by atoms with E-state index in [4.69, 9.17) is 4.74 Å². The van der Waals surface area contributed by atoms with E-state index in [1.165, 1.54) is 0 Å². The van der Waals surface area contributed by atoms with Gasteiger partial charge < -0.3 is 9.72 Å². The van der Waals surface area contributed by atoms with Crippen LogP contribution in [0.4, 0.5) is 0 Å². The van der Waals surface area contributed by atoms with Crippen LogP contribution >= 0.6 is 15.9 Å². The summed E-state index contributed by atoms with van der Waals surface area (Å²) in [5, 5.41) is 0. The van der Waals surface area contributed by atoms with E-state index >= 15 is 0 Å². The van der Waals surface area contributed by atoms with Crippen LogP contribution in [0, 0.1) is 0 Å². The fraction of sp³-hybridized carbons (Fsp3) is 0.692. The highest BCUT2D eigenvalue weighted by molar-refractivity contribution is 9.10. The Morgan fingerprint density at radius 2 is 2.06 bits per heavy atom. The molecule has 100 valence electrons. The van der Waals surface area contributed by atoms with Gasteiger partial charge in [-0.05, 0) is 55.0 Å². The van der Waals surface area contributed by atoms with Gasteiger partial charge >= 0.3 is 0 Å². The number of nitrogens with zero attached hydrogens (tertiary/aromatic N) is 1. The fourth-order valence-electron chi connectivity index (χ4n) is 2.63. The molecule has 0 unspecified atom stereocenters. The number of H-pyrrole nitrogens is 1. The van der Waals surface area contributed by atoms with Gasteiger partial charge in [-0.1, -0.05) is 6.92 Å². The predicted molar refractivity (Wildman–Crippen MR) is 73.7 cm³/mol. The van der Waals surface area contributed by atoms with E-state index in [9.17, 15) is 4.79 Å². The summed E-state index contributed by atoms with van der Waals surface area (Å²) in [7, 11) is 0.